The van der Waals surface area contributed by atoms with Crippen molar-refractivity contribution in [2.75, 3.05) is 11.4 Å². The number of hydrogen-bond donors (Lipinski definition) is 2. The van der Waals surface area contributed by atoms with E-state index in [2.05, 4.69) is 5.32 Å². The largest absolute Gasteiger partial charge is 0.344 e. The van der Waals surface area contributed by atoms with Crippen molar-refractivity contribution in [2.45, 2.75) is 31.8 Å². The van der Waals surface area contributed by atoms with E-state index in [1.807, 2.05) is 0 Å². The van der Waals surface area contributed by atoms with E-state index in [9.17, 15) is 14.0 Å². The lowest BCUT2D eigenvalue weighted by atomic mass is 10.2. The van der Waals surface area contributed by atoms with E-state index in [0.717, 1.165) is 0 Å². The monoisotopic (exact) mass is 279 g/mol. The number of rotatable bonds is 4. The molecule has 0 radical (unpaired) electrons. The molecule has 0 aromatic heterocycles. The second-order valence-electron chi connectivity index (χ2n) is 5.03. The second-order valence-corrected chi connectivity index (χ2v) is 5.03. The third-order valence-electron chi connectivity index (χ3n) is 3.19. The Morgan fingerprint density at radius 1 is 1.55 bits per heavy atom. The predicted molar refractivity (Wildman–Crippen MR) is 73.6 cm³/mol. The van der Waals surface area contributed by atoms with E-state index in [4.69, 9.17) is 5.73 Å². The summed E-state index contributed by atoms with van der Waals surface area (Å²) < 4.78 is 13.7. The van der Waals surface area contributed by atoms with Crippen LogP contribution in [0, 0.1) is 5.82 Å². The van der Waals surface area contributed by atoms with Gasteiger partial charge in [-0.1, -0.05) is 12.1 Å². The number of halogens is 1. The van der Waals surface area contributed by atoms with Gasteiger partial charge in [0, 0.05) is 19.0 Å². The highest BCUT2D eigenvalue weighted by molar-refractivity contribution is 6.01. The summed E-state index contributed by atoms with van der Waals surface area (Å²) in [4.78, 5) is 25.2. The number of hydrogen-bond acceptors (Lipinski definition) is 3. The minimum Gasteiger partial charge on any atom is -0.344 e. The Bertz CT molecular complexity index is 519. The highest BCUT2D eigenvalue weighted by Crippen LogP contribution is 2.24. The molecule has 0 bridgehead atoms. The van der Waals surface area contributed by atoms with Crippen LogP contribution in [0.15, 0.2) is 24.3 Å². The molecule has 2 unspecified atom stereocenters. The Morgan fingerprint density at radius 2 is 2.25 bits per heavy atom. The molecule has 1 saturated heterocycles. The summed E-state index contributed by atoms with van der Waals surface area (Å²) in [7, 11) is 0. The zero-order chi connectivity index (χ0) is 14.7. The first kappa shape index (κ1) is 14.5. The number of carbonyl (C=O) groups excluding carboxylic acids is 2. The molecule has 20 heavy (non-hydrogen) atoms. The third kappa shape index (κ3) is 3.14. The van der Waals surface area contributed by atoms with E-state index in [0.29, 0.717) is 13.0 Å². The smallest absolute Gasteiger partial charge is 0.249 e. The van der Waals surface area contributed by atoms with Crippen molar-refractivity contribution < 1.29 is 14.0 Å². The molecule has 3 N–H and O–H groups in total. The Hall–Kier alpha value is -1.95. The van der Waals surface area contributed by atoms with Crippen LogP contribution in [0.5, 0.6) is 0 Å². The topological polar surface area (TPSA) is 75.4 Å². The molecule has 0 saturated carbocycles. The summed E-state index contributed by atoms with van der Waals surface area (Å²) in [6.45, 7) is 2.12. The predicted octanol–water partition coefficient (Wildman–Crippen LogP) is 0.784. The van der Waals surface area contributed by atoms with E-state index in [1.165, 1.54) is 11.0 Å². The summed E-state index contributed by atoms with van der Waals surface area (Å²) >= 11 is 0. The molecule has 1 aliphatic rings. The van der Waals surface area contributed by atoms with Crippen molar-refractivity contribution in [2.24, 2.45) is 5.73 Å². The van der Waals surface area contributed by atoms with Gasteiger partial charge in [0.1, 0.15) is 11.9 Å². The van der Waals surface area contributed by atoms with Crippen LogP contribution in [0.4, 0.5) is 10.1 Å². The van der Waals surface area contributed by atoms with Crippen molar-refractivity contribution in [1.82, 2.24) is 5.32 Å². The first-order chi connectivity index (χ1) is 9.49. The maximum atomic E-state index is 13.7. The van der Waals surface area contributed by atoms with Gasteiger partial charge < -0.3 is 16.0 Å². The van der Waals surface area contributed by atoms with Crippen molar-refractivity contribution in [3.8, 4) is 0 Å². The molecule has 1 aromatic carbocycles. The van der Waals surface area contributed by atoms with Crippen LogP contribution < -0.4 is 16.0 Å². The van der Waals surface area contributed by atoms with Gasteiger partial charge in [0.2, 0.25) is 11.8 Å². The van der Waals surface area contributed by atoms with Crippen LogP contribution in [0.1, 0.15) is 19.8 Å². The highest BCUT2D eigenvalue weighted by Gasteiger charge is 2.34. The van der Waals surface area contributed by atoms with Crippen molar-refractivity contribution in [3.05, 3.63) is 30.1 Å². The molecule has 0 spiro atoms. The van der Waals surface area contributed by atoms with Crippen LogP contribution in [-0.4, -0.2) is 30.4 Å². The van der Waals surface area contributed by atoms with Crippen molar-refractivity contribution in [1.29, 1.82) is 0 Å². The zero-order valence-electron chi connectivity index (χ0n) is 11.3. The Labute approximate surface area is 116 Å². The van der Waals surface area contributed by atoms with Crippen molar-refractivity contribution >= 4 is 17.5 Å². The Balaban J connectivity index is 2.03. The number of nitrogens with zero attached hydrogens (tertiary/aromatic N) is 1. The minimum atomic E-state index is -0.596. The molecular weight excluding hydrogens is 261 g/mol. The van der Waals surface area contributed by atoms with Crippen molar-refractivity contribution in [3.63, 3.8) is 0 Å². The molecule has 1 heterocycles. The lowest BCUT2D eigenvalue weighted by Crippen LogP contribution is -2.43. The Morgan fingerprint density at radius 3 is 2.90 bits per heavy atom. The molecule has 0 aliphatic carbocycles. The lowest BCUT2D eigenvalue weighted by molar-refractivity contribution is -0.126. The zero-order valence-corrected chi connectivity index (χ0v) is 11.3. The Kier molecular flexibility index (Phi) is 4.34. The van der Waals surface area contributed by atoms with E-state index in [-0.39, 0.29) is 30.0 Å². The van der Waals surface area contributed by atoms with Crippen LogP contribution >= 0.6 is 0 Å². The first-order valence-electron chi connectivity index (χ1n) is 6.60. The number of para-hydroxylation sites is 1. The molecule has 1 fully saturated rings. The average molecular weight is 279 g/mol. The minimum absolute atomic E-state index is 0.170. The van der Waals surface area contributed by atoms with E-state index in [1.54, 1.807) is 25.1 Å². The summed E-state index contributed by atoms with van der Waals surface area (Å²) in [5.41, 5.74) is 5.79. The maximum Gasteiger partial charge on any atom is 0.249 e. The summed E-state index contributed by atoms with van der Waals surface area (Å²) in [6, 6.07) is 5.26. The normalized spacial score (nSPS) is 20.1. The number of amides is 2. The molecule has 1 aromatic rings. The summed E-state index contributed by atoms with van der Waals surface area (Å²) in [5.74, 6) is -0.981. The van der Waals surface area contributed by atoms with Crippen LogP contribution in [0.25, 0.3) is 0 Å². The summed E-state index contributed by atoms with van der Waals surface area (Å²) in [6.07, 6.45) is 0.640. The average Bonchev–Trinajstić information content (AvgIpc) is 2.71. The highest BCUT2D eigenvalue weighted by atomic mass is 19.1. The third-order valence-corrected chi connectivity index (χ3v) is 3.19. The van der Waals surface area contributed by atoms with Crippen LogP contribution in [0.2, 0.25) is 0 Å². The van der Waals surface area contributed by atoms with Crippen LogP contribution in [0.3, 0.4) is 0 Å². The molecule has 1 aliphatic heterocycles. The van der Waals surface area contributed by atoms with Crippen LogP contribution in [-0.2, 0) is 9.59 Å². The van der Waals surface area contributed by atoms with Gasteiger partial charge in [-0.2, -0.15) is 0 Å². The molecule has 108 valence electrons. The van der Waals surface area contributed by atoms with E-state index >= 15 is 0 Å². The van der Waals surface area contributed by atoms with Gasteiger partial charge in [-0.25, -0.2) is 4.39 Å². The van der Waals surface area contributed by atoms with Gasteiger partial charge in [-0.3, -0.25) is 9.59 Å². The lowest BCUT2D eigenvalue weighted by Gasteiger charge is -2.18. The molecule has 6 heteroatoms. The molecular formula is C14H18FN3O2. The number of anilines is 1. The molecule has 2 rings (SSSR count). The number of carbonyl (C=O) groups is 2. The molecule has 5 nitrogen and oxygen atoms in total. The fourth-order valence-corrected chi connectivity index (χ4v) is 2.27. The molecule has 2 amide bonds. The maximum absolute atomic E-state index is 13.7. The van der Waals surface area contributed by atoms with Gasteiger partial charge in [0.05, 0.1) is 5.69 Å². The number of nitrogens with one attached hydrogen (secondary N) is 1. The van der Waals surface area contributed by atoms with Gasteiger partial charge in [-0.15, -0.1) is 0 Å². The number of nitrogens with two attached hydrogens (primary N) is 1. The fraction of sp³-hybridized carbons (Fsp3) is 0.429. The van der Waals surface area contributed by atoms with Gasteiger partial charge in [-0.05, 0) is 25.5 Å². The van der Waals surface area contributed by atoms with E-state index < -0.39 is 11.9 Å². The molecule has 2 atom stereocenters. The summed E-state index contributed by atoms with van der Waals surface area (Å²) in [5, 5.41) is 2.65. The second kappa shape index (κ2) is 6.00. The quantitative estimate of drug-likeness (QED) is 0.855. The SMILES string of the molecule is CC(N)CC(=O)NC1CCN(c2ccccc2F)C1=O. The standard InChI is InChI=1S/C14H18FN3O2/c1-9(16)8-13(19)17-11-6-7-18(14(11)20)12-5-3-2-4-10(12)15/h2-5,9,11H,6-8,16H2,1H3,(H,17,19). The van der Waals surface area contributed by atoms with Gasteiger partial charge >= 0.3 is 0 Å². The van der Waals surface area contributed by atoms with Gasteiger partial charge in [0.15, 0.2) is 0 Å². The first-order valence-corrected chi connectivity index (χ1v) is 6.60. The number of benzene rings is 1. The fourth-order valence-electron chi connectivity index (χ4n) is 2.27. The van der Waals surface area contributed by atoms with Gasteiger partial charge in [0.25, 0.3) is 0 Å².